The molecular weight excluding hydrogens is 245 g/mol. The Balaban J connectivity index is 2.81. The number of amides is 1. The number of halogens is 1. The summed E-state index contributed by atoms with van der Waals surface area (Å²) in [7, 11) is 0. The Bertz CT molecular complexity index is 476. The van der Waals surface area contributed by atoms with Gasteiger partial charge in [0.25, 0.3) is 5.91 Å². The van der Waals surface area contributed by atoms with Gasteiger partial charge in [-0.3, -0.25) is 4.79 Å². The first-order valence-electron chi connectivity index (χ1n) is 6.31. The summed E-state index contributed by atoms with van der Waals surface area (Å²) in [6.07, 6.45) is 0. The molecule has 0 saturated carbocycles. The summed E-state index contributed by atoms with van der Waals surface area (Å²) in [6, 6.07) is 4.94. The van der Waals surface area contributed by atoms with E-state index in [2.05, 4.69) is 5.32 Å². The van der Waals surface area contributed by atoms with Gasteiger partial charge < -0.3 is 10.4 Å². The zero-order valence-corrected chi connectivity index (χ0v) is 12.2. The van der Waals surface area contributed by atoms with Gasteiger partial charge in [0, 0.05) is 12.0 Å². The average molecular weight is 267 g/mol. The smallest absolute Gasteiger partial charge is 0.251 e. The van der Waals surface area contributed by atoms with Gasteiger partial charge in [0.1, 0.15) is 11.4 Å². The molecule has 0 heterocycles. The Hall–Kier alpha value is -1.42. The van der Waals surface area contributed by atoms with Crippen molar-refractivity contribution in [3.05, 3.63) is 35.1 Å². The van der Waals surface area contributed by atoms with Crippen molar-refractivity contribution in [2.45, 2.75) is 45.6 Å². The predicted octanol–water partition coefficient (Wildman–Crippen LogP) is 2.30. The number of rotatable bonds is 4. The van der Waals surface area contributed by atoms with Gasteiger partial charge in [-0.1, -0.05) is 26.0 Å². The van der Waals surface area contributed by atoms with Crippen molar-refractivity contribution < 1.29 is 14.3 Å². The lowest BCUT2D eigenvalue weighted by Crippen LogP contribution is -2.46. The zero-order chi connectivity index (χ0) is 14.8. The molecule has 0 bridgehead atoms. The van der Waals surface area contributed by atoms with E-state index in [1.807, 2.05) is 13.8 Å². The summed E-state index contributed by atoms with van der Waals surface area (Å²) in [4.78, 5) is 11.6. The molecule has 2 N–H and O–H groups in total. The number of aliphatic hydroxyl groups is 1. The lowest BCUT2D eigenvalue weighted by atomic mass is 9.83. The fourth-order valence-electron chi connectivity index (χ4n) is 1.69. The highest BCUT2D eigenvalue weighted by atomic mass is 19.1. The molecule has 0 spiro atoms. The number of hydrogen-bond donors (Lipinski definition) is 2. The molecular formula is C15H22FNO2. The van der Waals surface area contributed by atoms with Crippen LogP contribution in [-0.4, -0.2) is 23.2 Å². The number of benzene rings is 1. The Morgan fingerprint density at radius 3 is 2.37 bits per heavy atom. The Morgan fingerprint density at radius 2 is 1.89 bits per heavy atom. The quantitative estimate of drug-likeness (QED) is 0.879. The Labute approximate surface area is 113 Å². The molecule has 0 atom stereocenters. The summed E-state index contributed by atoms with van der Waals surface area (Å²) < 4.78 is 13.3. The van der Waals surface area contributed by atoms with Crippen LogP contribution in [0.25, 0.3) is 0 Å². The van der Waals surface area contributed by atoms with Gasteiger partial charge in [0.2, 0.25) is 0 Å². The average Bonchev–Trinajstić information content (AvgIpc) is 2.28. The monoisotopic (exact) mass is 267 g/mol. The zero-order valence-electron chi connectivity index (χ0n) is 12.2. The van der Waals surface area contributed by atoms with Crippen LogP contribution >= 0.6 is 0 Å². The van der Waals surface area contributed by atoms with Crippen molar-refractivity contribution in [2.75, 3.05) is 6.54 Å². The maximum Gasteiger partial charge on any atom is 0.251 e. The van der Waals surface area contributed by atoms with Gasteiger partial charge in [0.05, 0.1) is 0 Å². The van der Waals surface area contributed by atoms with Gasteiger partial charge in [0.15, 0.2) is 0 Å². The van der Waals surface area contributed by atoms with E-state index in [1.54, 1.807) is 19.1 Å². The number of aryl methyl sites for hydroxylation is 1. The second kappa shape index (κ2) is 5.29. The minimum atomic E-state index is -1.39. The van der Waals surface area contributed by atoms with Crippen molar-refractivity contribution in [3.8, 4) is 0 Å². The van der Waals surface area contributed by atoms with E-state index in [1.165, 1.54) is 19.9 Å². The van der Waals surface area contributed by atoms with Crippen molar-refractivity contribution in [3.63, 3.8) is 0 Å². The highest BCUT2D eigenvalue weighted by molar-refractivity contribution is 5.83. The van der Waals surface area contributed by atoms with Crippen LogP contribution in [0.1, 0.15) is 38.8 Å². The molecule has 0 fully saturated rings. The normalized spacial score (nSPS) is 12.4. The van der Waals surface area contributed by atoms with Crippen LogP contribution in [0.2, 0.25) is 0 Å². The number of nitrogens with one attached hydrogen (secondary N) is 1. The maximum absolute atomic E-state index is 13.3. The third-order valence-electron chi connectivity index (χ3n) is 3.19. The van der Waals surface area contributed by atoms with E-state index >= 15 is 0 Å². The van der Waals surface area contributed by atoms with Gasteiger partial charge in [-0.2, -0.15) is 0 Å². The van der Waals surface area contributed by atoms with Crippen LogP contribution in [0, 0.1) is 12.7 Å². The molecule has 1 rings (SSSR count). The van der Waals surface area contributed by atoms with Crippen LogP contribution in [0.5, 0.6) is 0 Å². The minimum absolute atomic E-state index is 0.236. The summed E-state index contributed by atoms with van der Waals surface area (Å²) in [6.45, 7) is 8.90. The van der Waals surface area contributed by atoms with Crippen molar-refractivity contribution >= 4 is 5.91 Å². The first kappa shape index (κ1) is 15.6. The molecule has 19 heavy (non-hydrogen) atoms. The molecule has 0 radical (unpaired) electrons. The highest BCUT2D eigenvalue weighted by Gasteiger charge is 2.27. The molecule has 4 heteroatoms. The Kier molecular flexibility index (Phi) is 4.35. The SMILES string of the molecule is Cc1cc(C(C)(C)CNC(=O)C(C)(C)O)ccc1F. The molecule has 0 aliphatic rings. The second-order valence-electron chi connectivity index (χ2n) is 6.09. The van der Waals surface area contributed by atoms with Gasteiger partial charge in [-0.05, 0) is 38.0 Å². The van der Waals surface area contributed by atoms with Crippen molar-refractivity contribution in [1.82, 2.24) is 5.32 Å². The van der Waals surface area contributed by atoms with Crippen molar-refractivity contribution in [2.24, 2.45) is 0 Å². The first-order valence-corrected chi connectivity index (χ1v) is 6.31. The topological polar surface area (TPSA) is 49.3 Å². The second-order valence-corrected chi connectivity index (χ2v) is 6.09. The van der Waals surface area contributed by atoms with Crippen LogP contribution in [0.3, 0.4) is 0 Å². The minimum Gasteiger partial charge on any atom is -0.381 e. The van der Waals surface area contributed by atoms with Gasteiger partial charge in [-0.25, -0.2) is 4.39 Å². The lowest BCUT2D eigenvalue weighted by molar-refractivity contribution is -0.136. The molecule has 0 saturated heterocycles. The largest absolute Gasteiger partial charge is 0.381 e. The van der Waals surface area contributed by atoms with Crippen LogP contribution < -0.4 is 5.32 Å². The highest BCUT2D eigenvalue weighted by Crippen LogP contribution is 2.24. The van der Waals surface area contributed by atoms with E-state index in [9.17, 15) is 14.3 Å². The molecule has 0 aliphatic heterocycles. The van der Waals surface area contributed by atoms with Gasteiger partial charge in [-0.15, -0.1) is 0 Å². The van der Waals surface area contributed by atoms with E-state index in [4.69, 9.17) is 0 Å². The van der Waals surface area contributed by atoms with E-state index < -0.39 is 11.5 Å². The van der Waals surface area contributed by atoms with Crippen LogP contribution in [0.15, 0.2) is 18.2 Å². The molecule has 0 aromatic heterocycles. The number of hydrogen-bond acceptors (Lipinski definition) is 2. The van der Waals surface area contributed by atoms with E-state index in [-0.39, 0.29) is 11.2 Å². The fraction of sp³-hybridized carbons (Fsp3) is 0.533. The van der Waals surface area contributed by atoms with E-state index in [0.29, 0.717) is 12.1 Å². The first-order chi connectivity index (χ1) is 8.54. The number of carbonyl (C=O) groups excluding carboxylic acids is 1. The molecule has 1 aromatic rings. The van der Waals surface area contributed by atoms with Crippen LogP contribution in [0.4, 0.5) is 4.39 Å². The molecule has 1 amide bonds. The van der Waals surface area contributed by atoms with E-state index in [0.717, 1.165) is 5.56 Å². The fourth-order valence-corrected chi connectivity index (χ4v) is 1.69. The molecule has 1 aromatic carbocycles. The maximum atomic E-state index is 13.3. The third kappa shape index (κ3) is 4.03. The summed E-state index contributed by atoms with van der Waals surface area (Å²) in [5.41, 5.74) is -0.199. The Morgan fingerprint density at radius 1 is 1.32 bits per heavy atom. The predicted molar refractivity (Wildman–Crippen MR) is 73.5 cm³/mol. The molecule has 106 valence electrons. The molecule has 0 unspecified atom stereocenters. The summed E-state index contributed by atoms with van der Waals surface area (Å²) in [5.74, 6) is -0.653. The standard InChI is InChI=1S/C15H22FNO2/c1-10-8-11(6-7-12(10)16)14(2,3)9-17-13(18)15(4,5)19/h6-8,19H,9H2,1-5H3,(H,17,18). The summed E-state index contributed by atoms with van der Waals surface area (Å²) >= 11 is 0. The number of carbonyl (C=O) groups is 1. The van der Waals surface area contributed by atoms with Crippen LogP contribution in [-0.2, 0) is 10.2 Å². The summed E-state index contributed by atoms with van der Waals surface area (Å²) in [5, 5.41) is 12.3. The van der Waals surface area contributed by atoms with Crippen molar-refractivity contribution in [1.29, 1.82) is 0 Å². The lowest BCUT2D eigenvalue weighted by Gasteiger charge is -2.28. The molecule has 3 nitrogen and oxygen atoms in total. The third-order valence-corrected chi connectivity index (χ3v) is 3.19. The van der Waals surface area contributed by atoms with Gasteiger partial charge >= 0.3 is 0 Å². The molecule has 0 aliphatic carbocycles.